The van der Waals surface area contributed by atoms with Gasteiger partial charge in [0.15, 0.2) is 0 Å². The largest absolute Gasteiger partial charge is 0.508 e. The van der Waals surface area contributed by atoms with Gasteiger partial charge in [-0.3, -0.25) is 0 Å². The summed E-state index contributed by atoms with van der Waals surface area (Å²) in [5, 5.41) is 9.37. The molecule has 0 aromatic heterocycles. The Hall–Kier alpha value is -1.79. The highest BCUT2D eigenvalue weighted by molar-refractivity contribution is 7.31. The van der Waals surface area contributed by atoms with E-state index in [9.17, 15) is 5.11 Å². The van der Waals surface area contributed by atoms with Crippen molar-refractivity contribution in [2.24, 2.45) is 0 Å². The maximum atomic E-state index is 9.37. The third-order valence-corrected chi connectivity index (χ3v) is 3.67. The average molecular weight is 272 g/mol. The van der Waals surface area contributed by atoms with Gasteiger partial charge in [0.05, 0.1) is 0 Å². The molecule has 0 heterocycles. The minimum Gasteiger partial charge on any atom is -0.508 e. The van der Waals surface area contributed by atoms with Gasteiger partial charge < -0.3 is 9.63 Å². The van der Waals surface area contributed by atoms with Crippen LogP contribution in [0.4, 0.5) is 0 Å². The molecular weight excluding hydrogens is 255 g/mol. The number of aromatic hydroxyl groups is 1. The van der Waals surface area contributed by atoms with Crippen LogP contribution in [-0.4, -0.2) is 11.4 Å². The fraction of sp³-hybridized carbons (Fsp3) is 0.188. The van der Waals surface area contributed by atoms with Crippen LogP contribution < -0.4 is 4.52 Å². The van der Waals surface area contributed by atoms with Gasteiger partial charge in [-0.2, -0.15) is 0 Å². The fourth-order valence-electron chi connectivity index (χ4n) is 2.05. The van der Waals surface area contributed by atoms with E-state index in [2.05, 4.69) is 32.3 Å². The lowest BCUT2D eigenvalue weighted by Crippen LogP contribution is -2.18. The molecule has 0 aliphatic rings. The topological polar surface area (TPSA) is 29.5 Å². The van der Waals surface area contributed by atoms with Gasteiger partial charge in [0.25, 0.3) is 0 Å². The zero-order chi connectivity index (χ0) is 13.9. The smallest absolute Gasteiger partial charge is 0.131 e. The first-order valence-electron chi connectivity index (χ1n) is 6.07. The monoisotopic (exact) mass is 272 g/mol. The Morgan fingerprint density at radius 1 is 0.947 bits per heavy atom. The second kappa shape index (κ2) is 5.46. The Morgan fingerprint density at radius 3 is 1.89 bits per heavy atom. The molecule has 98 valence electrons. The SMILES string of the molecule is C=POc1ccc(C(C)(C)c2ccc(O)cc2)cc1. The Morgan fingerprint density at radius 2 is 1.42 bits per heavy atom. The van der Waals surface area contributed by atoms with Crippen LogP contribution in [0, 0.1) is 0 Å². The number of hydrogen-bond donors (Lipinski definition) is 1. The lowest BCUT2D eigenvalue weighted by atomic mass is 9.78. The molecule has 2 aromatic carbocycles. The third kappa shape index (κ3) is 2.97. The van der Waals surface area contributed by atoms with Gasteiger partial charge in [-0.1, -0.05) is 38.1 Å². The summed E-state index contributed by atoms with van der Waals surface area (Å²) in [6.07, 6.45) is 3.63. The summed E-state index contributed by atoms with van der Waals surface area (Å²) < 4.78 is 5.32. The zero-order valence-electron chi connectivity index (χ0n) is 11.1. The molecule has 0 atom stereocenters. The predicted molar refractivity (Wildman–Crippen MR) is 81.3 cm³/mol. The lowest BCUT2D eigenvalue weighted by Gasteiger charge is -2.26. The summed E-state index contributed by atoms with van der Waals surface area (Å²) in [4.78, 5) is 0. The summed E-state index contributed by atoms with van der Waals surface area (Å²) in [5.41, 5.74) is 2.24. The number of benzene rings is 2. The second-order valence-corrected chi connectivity index (χ2v) is 5.36. The Labute approximate surface area is 115 Å². The number of hydrogen-bond acceptors (Lipinski definition) is 2. The van der Waals surface area contributed by atoms with Crippen molar-refractivity contribution in [1.82, 2.24) is 0 Å². The Kier molecular flexibility index (Phi) is 3.92. The molecule has 0 fully saturated rings. The van der Waals surface area contributed by atoms with Gasteiger partial charge in [-0.05, 0) is 41.7 Å². The molecule has 0 amide bonds. The van der Waals surface area contributed by atoms with Gasteiger partial charge >= 0.3 is 0 Å². The average Bonchev–Trinajstić information content (AvgIpc) is 2.40. The molecule has 3 heteroatoms. The van der Waals surface area contributed by atoms with Gasteiger partial charge in [0.2, 0.25) is 0 Å². The molecule has 19 heavy (non-hydrogen) atoms. The highest BCUT2D eigenvalue weighted by Gasteiger charge is 2.22. The maximum absolute atomic E-state index is 9.37. The molecule has 0 spiro atoms. The Balaban J connectivity index is 2.32. The lowest BCUT2D eigenvalue weighted by molar-refractivity contribution is 0.474. The van der Waals surface area contributed by atoms with Crippen LogP contribution in [0.3, 0.4) is 0 Å². The molecule has 0 aliphatic carbocycles. The molecule has 0 bridgehead atoms. The molecule has 0 aliphatic heterocycles. The first-order valence-corrected chi connectivity index (χ1v) is 7.07. The van der Waals surface area contributed by atoms with Crippen LogP contribution in [-0.2, 0) is 5.41 Å². The fourth-order valence-corrected chi connectivity index (χ4v) is 2.32. The molecule has 0 unspecified atom stereocenters. The first kappa shape index (κ1) is 13.6. The van der Waals surface area contributed by atoms with E-state index < -0.39 is 0 Å². The minimum absolute atomic E-state index is 0.117. The molecule has 0 saturated heterocycles. The van der Waals surface area contributed by atoms with Crippen molar-refractivity contribution in [2.75, 3.05) is 0 Å². The summed E-state index contributed by atoms with van der Waals surface area (Å²) >= 11 is 0. The van der Waals surface area contributed by atoms with Gasteiger partial charge in [-0.25, -0.2) is 0 Å². The highest BCUT2D eigenvalue weighted by Crippen LogP contribution is 2.33. The van der Waals surface area contributed by atoms with E-state index in [1.54, 1.807) is 12.1 Å². The number of phenolic OH excluding ortho intramolecular Hbond substituents is 1. The molecule has 1 N–H and O–H groups in total. The van der Waals surface area contributed by atoms with E-state index in [0.717, 1.165) is 11.3 Å². The summed E-state index contributed by atoms with van der Waals surface area (Å²) in [6, 6.07) is 15.4. The quantitative estimate of drug-likeness (QED) is 0.836. The molecule has 2 rings (SSSR count). The standard InChI is InChI=1S/C16H17O2P/c1-16(2,12-4-8-14(17)9-5-12)13-6-10-15(11-7-13)18-19-3/h4-11,17H,3H2,1-2H3. The van der Waals surface area contributed by atoms with E-state index in [1.165, 1.54) is 5.56 Å². The highest BCUT2D eigenvalue weighted by atomic mass is 31.1. The normalized spacial score (nSPS) is 11.5. The van der Waals surface area contributed by atoms with E-state index in [1.807, 2.05) is 24.3 Å². The molecule has 2 nitrogen and oxygen atoms in total. The van der Waals surface area contributed by atoms with Crippen LogP contribution in [0.2, 0.25) is 0 Å². The molecular formula is C16H17O2P. The summed E-state index contributed by atoms with van der Waals surface area (Å²) in [7, 11) is 0.650. The zero-order valence-corrected chi connectivity index (χ0v) is 12.0. The summed E-state index contributed by atoms with van der Waals surface area (Å²) in [6.45, 7) is 4.32. The van der Waals surface area contributed by atoms with Crippen molar-refractivity contribution >= 4 is 14.7 Å². The van der Waals surface area contributed by atoms with E-state index in [4.69, 9.17) is 4.52 Å². The van der Waals surface area contributed by atoms with Crippen molar-refractivity contribution in [1.29, 1.82) is 0 Å². The van der Waals surface area contributed by atoms with Crippen LogP contribution in [0.15, 0.2) is 48.5 Å². The van der Waals surface area contributed by atoms with Crippen molar-refractivity contribution in [3.63, 3.8) is 0 Å². The van der Waals surface area contributed by atoms with E-state index in [0.29, 0.717) is 8.43 Å². The van der Waals surface area contributed by atoms with Gasteiger partial charge in [0, 0.05) is 5.41 Å². The number of phenols is 1. The van der Waals surface area contributed by atoms with E-state index >= 15 is 0 Å². The predicted octanol–water partition coefficient (Wildman–Crippen LogP) is 4.39. The van der Waals surface area contributed by atoms with Gasteiger partial charge in [-0.15, -0.1) is 0 Å². The molecule has 2 aromatic rings. The number of rotatable bonds is 4. The summed E-state index contributed by atoms with van der Waals surface area (Å²) in [5.74, 6) is 1.11. The van der Waals surface area contributed by atoms with Crippen LogP contribution >= 0.6 is 8.43 Å². The maximum Gasteiger partial charge on any atom is 0.131 e. The van der Waals surface area contributed by atoms with E-state index in [-0.39, 0.29) is 11.2 Å². The van der Waals surface area contributed by atoms with Crippen molar-refractivity contribution in [2.45, 2.75) is 19.3 Å². The van der Waals surface area contributed by atoms with Crippen molar-refractivity contribution < 1.29 is 9.63 Å². The minimum atomic E-state index is -0.117. The van der Waals surface area contributed by atoms with Crippen LogP contribution in [0.1, 0.15) is 25.0 Å². The van der Waals surface area contributed by atoms with Crippen LogP contribution in [0.5, 0.6) is 11.5 Å². The molecule has 0 radical (unpaired) electrons. The van der Waals surface area contributed by atoms with Crippen molar-refractivity contribution in [3.8, 4) is 11.5 Å². The van der Waals surface area contributed by atoms with Gasteiger partial charge in [0.1, 0.15) is 19.9 Å². The first-order chi connectivity index (χ1) is 9.04. The van der Waals surface area contributed by atoms with Crippen molar-refractivity contribution in [3.05, 3.63) is 59.7 Å². The molecule has 0 saturated carbocycles. The second-order valence-electron chi connectivity index (χ2n) is 4.92. The van der Waals surface area contributed by atoms with Crippen LogP contribution in [0.25, 0.3) is 0 Å². The Bertz CT molecular complexity index is 556. The third-order valence-electron chi connectivity index (χ3n) is 3.33.